The number of halogens is 1. The molecule has 1 aliphatic rings. The van der Waals surface area contributed by atoms with Gasteiger partial charge in [0.25, 0.3) is 5.91 Å². The Balaban J connectivity index is 1.55. The van der Waals surface area contributed by atoms with Gasteiger partial charge in [-0.1, -0.05) is 29.4 Å². The Morgan fingerprint density at radius 3 is 2.67 bits per heavy atom. The summed E-state index contributed by atoms with van der Waals surface area (Å²) in [6, 6.07) is 10.3. The van der Waals surface area contributed by atoms with E-state index in [9.17, 15) is 14.4 Å². The van der Waals surface area contributed by atoms with Gasteiger partial charge in [0.05, 0.1) is 4.91 Å². The average Bonchev–Trinajstić information content (AvgIpc) is 3.30. The number of nitrogens with zero attached hydrogens (tertiary/aromatic N) is 5. The van der Waals surface area contributed by atoms with Crippen molar-refractivity contribution in [3.63, 3.8) is 0 Å². The molecule has 2 amide bonds. The first-order chi connectivity index (χ1) is 15.8. The predicted molar refractivity (Wildman–Crippen MR) is 125 cm³/mol. The van der Waals surface area contributed by atoms with Crippen molar-refractivity contribution in [2.75, 3.05) is 5.32 Å². The lowest BCUT2D eigenvalue weighted by atomic mass is 10.2. The van der Waals surface area contributed by atoms with E-state index in [0.29, 0.717) is 27.9 Å². The van der Waals surface area contributed by atoms with Gasteiger partial charge in [0.15, 0.2) is 5.50 Å². The molecule has 33 heavy (non-hydrogen) atoms. The lowest BCUT2D eigenvalue weighted by Gasteiger charge is -2.27. The first-order valence-corrected chi connectivity index (χ1v) is 11.1. The Hall–Kier alpha value is -3.57. The maximum absolute atomic E-state index is 13.0. The molecule has 1 aromatic carbocycles. The average molecular weight is 486 g/mol. The quantitative estimate of drug-likeness (QED) is 0.524. The van der Waals surface area contributed by atoms with Crippen LogP contribution in [0.3, 0.4) is 0 Å². The van der Waals surface area contributed by atoms with E-state index in [1.807, 2.05) is 17.0 Å². The summed E-state index contributed by atoms with van der Waals surface area (Å²) in [4.78, 5) is 43.8. The Morgan fingerprint density at radius 2 is 2.00 bits per heavy atom. The van der Waals surface area contributed by atoms with Crippen LogP contribution in [0.4, 0.5) is 5.69 Å². The Morgan fingerprint density at radius 1 is 1.24 bits per heavy atom. The number of anilines is 1. The number of hydrogen-bond donors (Lipinski definition) is 2. The van der Waals surface area contributed by atoms with Gasteiger partial charge in [-0.05, 0) is 42.8 Å². The number of aromatic nitrogens is 4. The van der Waals surface area contributed by atoms with Crippen molar-refractivity contribution in [2.24, 2.45) is 5.73 Å². The minimum Gasteiger partial charge on any atom is -0.365 e. The van der Waals surface area contributed by atoms with Gasteiger partial charge in [0, 0.05) is 35.3 Å². The highest BCUT2D eigenvalue weighted by atomic mass is 35.5. The minimum atomic E-state index is -0.590. The van der Waals surface area contributed by atoms with Crippen molar-refractivity contribution in [3.8, 4) is 0 Å². The molecule has 170 valence electrons. The smallest absolute Gasteiger partial charge is 0.348 e. The second-order valence-electron chi connectivity index (χ2n) is 7.25. The molecule has 0 saturated carbocycles. The lowest BCUT2D eigenvalue weighted by Crippen LogP contribution is -2.35. The Labute approximate surface area is 198 Å². The zero-order valence-electron chi connectivity index (χ0n) is 17.5. The number of hydrogen-bond acceptors (Lipinski definition) is 7. The van der Waals surface area contributed by atoms with E-state index < -0.39 is 23.0 Å². The third-order valence-corrected chi connectivity index (χ3v) is 6.64. The summed E-state index contributed by atoms with van der Waals surface area (Å²) in [5.74, 6) is -0.984. The number of carbonyl (C=O) groups is 2. The van der Waals surface area contributed by atoms with E-state index in [2.05, 4.69) is 15.4 Å². The van der Waals surface area contributed by atoms with Gasteiger partial charge in [0.2, 0.25) is 5.91 Å². The number of primary amides is 1. The largest absolute Gasteiger partial charge is 0.365 e. The van der Waals surface area contributed by atoms with E-state index in [4.69, 9.17) is 17.3 Å². The van der Waals surface area contributed by atoms with Gasteiger partial charge in [0.1, 0.15) is 12.9 Å². The molecule has 2 aromatic heterocycles. The van der Waals surface area contributed by atoms with Gasteiger partial charge in [-0.25, -0.2) is 9.48 Å². The molecular weight excluding hydrogens is 466 g/mol. The van der Waals surface area contributed by atoms with Crippen LogP contribution in [0.5, 0.6) is 0 Å². The van der Waals surface area contributed by atoms with E-state index in [0.717, 1.165) is 22.0 Å². The van der Waals surface area contributed by atoms with Crippen LogP contribution in [0.15, 0.2) is 70.5 Å². The van der Waals surface area contributed by atoms with E-state index in [-0.39, 0.29) is 6.54 Å². The third kappa shape index (κ3) is 4.94. The maximum atomic E-state index is 13.0. The molecule has 3 heterocycles. The van der Waals surface area contributed by atoms with Gasteiger partial charge in [-0.15, -0.1) is 0 Å². The number of allylic oxidation sites excluding steroid dienone is 1. The van der Waals surface area contributed by atoms with Crippen molar-refractivity contribution < 1.29 is 9.59 Å². The number of nitrogens with one attached hydrogen (secondary N) is 1. The standard InChI is InChI=1S/C21H20ClN7O3S/c1-13-18(19(23)31)33-21(27(13)10-14-3-2-8-24-9-14)28-12-25-29(20(28)32)11-17(30)26-16-6-4-15(22)5-7-16/h2-9,12,21H,10-11H2,1H3,(H2,23,31)(H,26,30). The maximum Gasteiger partial charge on any atom is 0.348 e. The van der Waals surface area contributed by atoms with E-state index in [1.54, 1.807) is 43.6 Å². The van der Waals surface area contributed by atoms with Crippen LogP contribution in [0.2, 0.25) is 5.02 Å². The summed E-state index contributed by atoms with van der Waals surface area (Å²) in [7, 11) is 0. The summed E-state index contributed by atoms with van der Waals surface area (Å²) in [5.41, 5.74) is 6.57. The first kappa shape index (κ1) is 22.6. The number of benzene rings is 1. The SMILES string of the molecule is CC1=C(C(N)=O)SC(n2cnn(CC(=O)Nc3ccc(Cl)cc3)c2=O)N1Cc1cccnc1. The van der Waals surface area contributed by atoms with Gasteiger partial charge < -0.3 is 16.0 Å². The van der Waals surface area contributed by atoms with Gasteiger partial charge >= 0.3 is 5.69 Å². The molecular formula is C21H20ClN7O3S. The monoisotopic (exact) mass is 485 g/mol. The molecule has 12 heteroatoms. The topological polar surface area (TPSA) is 128 Å². The van der Waals surface area contributed by atoms with Crippen LogP contribution in [-0.2, 0) is 22.7 Å². The molecule has 0 bridgehead atoms. The van der Waals surface area contributed by atoms with Crippen LogP contribution < -0.4 is 16.7 Å². The van der Waals surface area contributed by atoms with Crippen LogP contribution in [0.1, 0.15) is 18.0 Å². The number of carbonyl (C=O) groups excluding carboxylic acids is 2. The van der Waals surface area contributed by atoms with Crippen molar-refractivity contribution in [1.29, 1.82) is 0 Å². The Kier molecular flexibility index (Phi) is 6.52. The molecule has 10 nitrogen and oxygen atoms in total. The second-order valence-corrected chi connectivity index (χ2v) is 8.75. The molecule has 3 N–H and O–H groups in total. The zero-order chi connectivity index (χ0) is 23.5. The second kappa shape index (κ2) is 9.51. The fourth-order valence-electron chi connectivity index (χ4n) is 3.36. The van der Waals surface area contributed by atoms with Crippen LogP contribution in [0, 0.1) is 0 Å². The van der Waals surface area contributed by atoms with Crippen LogP contribution >= 0.6 is 23.4 Å². The zero-order valence-corrected chi connectivity index (χ0v) is 19.1. The molecule has 0 aliphatic carbocycles. The van der Waals surface area contributed by atoms with E-state index >= 15 is 0 Å². The number of amides is 2. The molecule has 3 aromatic rings. The van der Waals surface area contributed by atoms with Crippen molar-refractivity contribution in [3.05, 3.63) is 86.8 Å². The highest BCUT2D eigenvalue weighted by Gasteiger charge is 2.35. The first-order valence-electron chi connectivity index (χ1n) is 9.85. The molecule has 1 unspecified atom stereocenters. The molecule has 1 aliphatic heterocycles. The highest BCUT2D eigenvalue weighted by Crippen LogP contribution is 2.44. The minimum absolute atomic E-state index is 0.274. The van der Waals surface area contributed by atoms with Crippen LogP contribution in [-0.4, -0.2) is 36.0 Å². The summed E-state index contributed by atoms with van der Waals surface area (Å²) < 4.78 is 2.43. The molecule has 4 rings (SSSR count). The number of nitrogens with two attached hydrogens (primary N) is 1. The van der Waals surface area contributed by atoms with Gasteiger partial charge in [-0.3, -0.25) is 19.1 Å². The summed E-state index contributed by atoms with van der Waals surface area (Å²) in [6.45, 7) is 1.91. The number of pyridine rings is 1. The highest BCUT2D eigenvalue weighted by molar-refractivity contribution is 8.04. The molecule has 0 fully saturated rings. The summed E-state index contributed by atoms with van der Waals surface area (Å²) >= 11 is 7.02. The number of thioether (sulfide) groups is 1. The third-order valence-electron chi connectivity index (χ3n) is 4.97. The lowest BCUT2D eigenvalue weighted by molar-refractivity contribution is -0.117. The Bertz CT molecular complexity index is 1270. The molecule has 1 atom stereocenters. The fraction of sp³-hybridized carbons (Fsp3) is 0.190. The van der Waals surface area contributed by atoms with Crippen LogP contribution in [0.25, 0.3) is 0 Å². The molecule has 0 spiro atoms. The normalized spacial score (nSPS) is 15.7. The number of rotatable bonds is 7. The van der Waals surface area contributed by atoms with Gasteiger partial charge in [-0.2, -0.15) is 5.10 Å². The summed E-state index contributed by atoms with van der Waals surface area (Å²) in [5, 5.41) is 7.33. The summed E-state index contributed by atoms with van der Waals surface area (Å²) in [6.07, 6.45) is 4.73. The fourth-order valence-corrected chi connectivity index (χ4v) is 4.72. The predicted octanol–water partition coefficient (Wildman–Crippen LogP) is 2.15. The van der Waals surface area contributed by atoms with Crippen molar-refractivity contribution >= 4 is 40.9 Å². The van der Waals surface area contributed by atoms with Crippen molar-refractivity contribution in [1.82, 2.24) is 24.2 Å². The molecule has 0 radical (unpaired) electrons. The van der Waals surface area contributed by atoms with E-state index in [1.165, 1.54) is 10.9 Å². The molecule has 0 saturated heterocycles. The van der Waals surface area contributed by atoms with Crippen molar-refractivity contribution in [2.45, 2.75) is 25.5 Å².